The molecular formula is C17H19ClN2O5S. The number of hydrogen-bond acceptors (Lipinski definition) is 5. The lowest BCUT2D eigenvalue weighted by atomic mass is 10.1. The van der Waals surface area contributed by atoms with Gasteiger partial charge in [-0.15, -0.1) is 0 Å². The third kappa shape index (κ3) is 5.17. The average molecular weight is 399 g/mol. The van der Waals surface area contributed by atoms with Crippen LogP contribution in [0.2, 0.25) is 5.02 Å². The fourth-order valence-electron chi connectivity index (χ4n) is 2.13. The number of aromatic amines is 1. The molecule has 1 atom stereocenters. The monoisotopic (exact) mass is 398 g/mol. The first-order valence-electron chi connectivity index (χ1n) is 7.82. The van der Waals surface area contributed by atoms with Gasteiger partial charge in [-0.25, -0.2) is 8.42 Å². The van der Waals surface area contributed by atoms with Gasteiger partial charge in [-0.2, -0.15) is 4.72 Å². The number of halogens is 1. The van der Waals surface area contributed by atoms with Gasteiger partial charge in [0.15, 0.2) is 6.61 Å². The standard InChI is InChI=1S/C17H19ClN2O5S/c1-11(2)16(17(22)25-10-15(21)14-7-4-8-19-14)20-26(23,24)13-6-3-5-12(18)9-13/h3-9,11,16,19-20H,10H2,1-2H3/t16-/m0/s1. The summed E-state index contributed by atoms with van der Waals surface area (Å²) >= 11 is 5.82. The smallest absolute Gasteiger partial charge is 0.324 e. The van der Waals surface area contributed by atoms with Crippen LogP contribution in [0.15, 0.2) is 47.5 Å². The number of ketones is 1. The van der Waals surface area contributed by atoms with E-state index >= 15 is 0 Å². The molecule has 2 rings (SSSR count). The van der Waals surface area contributed by atoms with E-state index in [9.17, 15) is 18.0 Å². The van der Waals surface area contributed by atoms with Crippen LogP contribution in [0.3, 0.4) is 0 Å². The van der Waals surface area contributed by atoms with Crippen molar-refractivity contribution in [2.75, 3.05) is 6.61 Å². The number of carbonyl (C=O) groups is 2. The fraction of sp³-hybridized carbons (Fsp3) is 0.294. The molecule has 9 heteroatoms. The maximum absolute atomic E-state index is 12.5. The first-order valence-corrected chi connectivity index (χ1v) is 9.68. The Kier molecular flexibility index (Phi) is 6.57. The summed E-state index contributed by atoms with van der Waals surface area (Å²) in [5.74, 6) is -1.63. The Bertz CT molecular complexity index is 878. The van der Waals surface area contributed by atoms with E-state index in [0.717, 1.165) is 0 Å². The van der Waals surface area contributed by atoms with Gasteiger partial charge in [-0.05, 0) is 36.2 Å². The molecular weight excluding hydrogens is 380 g/mol. The Labute approximate surface area is 156 Å². The van der Waals surface area contributed by atoms with E-state index in [1.807, 2.05) is 0 Å². The molecule has 0 aliphatic rings. The van der Waals surface area contributed by atoms with E-state index in [-0.39, 0.29) is 9.92 Å². The number of hydrogen-bond donors (Lipinski definition) is 2. The van der Waals surface area contributed by atoms with E-state index in [1.54, 1.807) is 38.2 Å². The van der Waals surface area contributed by atoms with Crippen molar-refractivity contribution in [2.24, 2.45) is 5.92 Å². The van der Waals surface area contributed by atoms with Crippen molar-refractivity contribution in [2.45, 2.75) is 24.8 Å². The van der Waals surface area contributed by atoms with E-state index < -0.39 is 40.3 Å². The third-order valence-electron chi connectivity index (χ3n) is 3.55. The molecule has 0 amide bonds. The topological polar surface area (TPSA) is 105 Å². The minimum atomic E-state index is -3.98. The Hall–Kier alpha value is -2.16. The van der Waals surface area contributed by atoms with Gasteiger partial charge in [0.05, 0.1) is 10.6 Å². The SMILES string of the molecule is CC(C)[C@H](NS(=O)(=O)c1cccc(Cl)c1)C(=O)OCC(=O)c1ccc[nH]1. The molecule has 0 spiro atoms. The second kappa shape index (κ2) is 8.48. The van der Waals surface area contributed by atoms with Gasteiger partial charge in [0.1, 0.15) is 6.04 Å². The third-order valence-corrected chi connectivity index (χ3v) is 5.23. The number of nitrogens with one attached hydrogen (secondary N) is 2. The molecule has 0 saturated carbocycles. The van der Waals surface area contributed by atoms with E-state index in [4.69, 9.17) is 16.3 Å². The van der Waals surface area contributed by atoms with Crippen LogP contribution in [0.4, 0.5) is 0 Å². The second-order valence-corrected chi connectivity index (χ2v) is 8.07. The highest BCUT2D eigenvalue weighted by Crippen LogP contribution is 2.17. The summed E-state index contributed by atoms with van der Waals surface area (Å²) in [7, 11) is -3.98. The minimum absolute atomic E-state index is 0.0640. The summed E-state index contributed by atoms with van der Waals surface area (Å²) < 4.78 is 32.3. The Morgan fingerprint density at radius 1 is 1.23 bits per heavy atom. The lowest BCUT2D eigenvalue weighted by molar-refractivity contribution is -0.145. The molecule has 0 fully saturated rings. The molecule has 2 aromatic rings. The highest BCUT2D eigenvalue weighted by Gasteiger charge is 2.30. The number of benzene rings is 1. The summed E-state index contributed by atoms with van der Waals surface area (Å²) in [4.78, 5) is 26.8. The number of H-pyrrole nitrogens is 1. The summed E-state index contributed by atoms with van der Waals surface area (Å²) in [6.45, 7) is 2.85. The predicted octanol–water partition coefficient (Wildman–Crippen LogP) is 2.40. The molecule has 7 nitrogen and oxygen atoms in total. The molecule has 2 N–H and O–H groups in total. The lowest BCUT2D eigenvalue weighted by Crippen LogP contribution is -2.45. The summed E-state index contributed by atoms with van der Waals surface area (Å²) in [6.07, 6.45) is 1.57. The molecule has 26 heavy (non-hydrogen) atoms. The summed E-state index contributed by atoms with van der Waals surface area (Å²) in [5.41, 5.74) is 0.304. The lowest BCUT2D eigenvalue weighted by Gasteiger charge is -2.20. The van der Waals surface area contributed by atoms with E-state index in [0.29, 0.717) is 5.69 Å². The van der Waals surface area contributed by atoms with Crippen LogP contribution >= 0.6 is 11.6 Å². The molecule has 0 saturated heterocycles. The van der Waals surface area contributed by atoms with Crippen molar-refractivity contribution in [3.8, 4) is 0 Å². The molecule has 1 aromatic carbocycles. The van der Waals surface area contributed by atoms with Crippen molar-refractivity contribution >= 4 is 33.4 Å². The second-order valence-electron chi connectivity index (χ2n) is 5.92. The molecule has 0 aliphatic heterocycles. The zero-order valence-corrected chi connectivity index (χ0v) is 15.8. The van der Waals surface area contributed by atoms with Gasteiger partial charge in [-0.3, -0.25) is 9.59 Å². The fourth-order valence-corrected chi connectivity index (χ4v) is 3.77. The van der Waals surface area contributed by atoms with Crippen molar-refractivity contribution in [3.05, 3.63) is 53.3 Å². The zero-order valence-electron chi connectivity index (χ0n) is 14.2. The number of carbonyl (C=O) groups excluding carboxylic acids is 2. The van der Waals surface area contributed by atoms with Crippen LogP contribution in [0, 0.1) is 5.92 Å². The Morgan fingerprint density at radius 3 is 2.54 bits per heavy atom. The normalized spacial score (nSPS) is 12.8. The summed E-state index contributed by atoms with van der Waals surface area (Å²) in [5, 5.41) is 0.257. The van der Waals surface area contributed by atoms with Crippen LogP contribution in [-0.4, -0.2) is 37.8 Å². The Morgan fingerprint density at radius 2 is 1.96 bits per heavy atom. The highest BCUT2D eigenvalue weighted by atomic mass is 35.5. The summed E-state index contributed by atoms with van der Waals surface area (Å²) in [6, 6.07) is 7.74. The predicted molar refractivity (Wildman–Crippen MR) is 96.5 cm³/mol. The van der Waals surface area contributed by atoms with E-state index in [2.05, 4.69) is 9.71 Å². The van der Waals surface area contributed by atoms with Crippen molar-refractivity contribution < 1.29 is 22.7 Å². The maximum atomic E-state index is 12.5. The van der Waals surface area contributed by atoms with Gasteiger partial charge in [0.25, 0.3) is 0 Å². The highest BCUT2D eigenvalue weighted by molar-refractivity contribution is 7.89. The maximum Gasteiger partial charge on any atom is 0.324 e. The van der Waals surface area contributed by atoms with Crippen molar-refractivity contribution in [1.29, 1.82) is 0 Å². The van der Waals surface area contributed by atoms with E-state index in [1.165, 1.54) is 18.2 Å². The van der Waals surface area contributed by atoms with Gasteiger partial charge in [-0.1, -0.05) is 31.5 Å². The number of aromatic nitrogens is 1. The van der Waals surface area contributed by atoms with Gasteiger partial charge in [0.2, 0.25) is 15.8 Å². The quantitative estimate of drug-likeness (QED) is 0.524. The number of Topliss-reactive ketones (excluding diaryl/α,β-unsaturated/α-hetero) is 1. The zero-order chi connectivity index (χ0) is 19.3. The molecule has 1 aromatic heterocycles. The van der Waals surface area contributed by atoms with Crippen LogP contribution in [0.5, 0.6) is 0 Å². The first kappa shape index (κ1) is 20.2. The number of ether oxygens (including phenoxy) is 1. The molecule has 0 bridgehead atoms. The largest absolute Gasteiger partial charge is 0.456 e. The number of rotatable bonds is 8. The molecule has 0 unspecified atom stereocenters. The first-order chi connectivity index (χ1) is 12.2. The van der Waals surface area contributed by atoms with Gasteiger partial charge < -0.3 is 9.72 Å². The van der Waals surface area contributed by atoms with Crippen LogP contribution in [0.1, 0.15) is 24.3 Å². The number of sulfonamides is 1. The minimum Gasteiger partial charge on any atom is -0.456 e. The molecule has 0 aliphatic carbocycles. The molecule has 140 valence electrons. The van der Waals surface area contributed by atoms with Gasteiger partial charge in [0, 0.05) is 11.2 Å². The van der Waals surface area contributed by atoms with Crippen molar-refractivity contribution in [1.82, 2.24) is 9.71 Å². The Balaban J connectivity index is 2.08. The van der Waals surface area contributed by atoms with Crippen LogP contribution in [0.25, 0.3) is 0 Å². The average Bonchev–Trinajstić information content (AvgIpc) is 3.11. The van der Waals surface area contributed by atoms with Crippen LogP contribution < -0.4 is 4.72 Å². The van der Waals surface area contributed by atoms with Gasteiger partial charge >= 0.3 is 5.97 Å². The van der Waals surface area contributed by atoms with Crippen LogP contribution in [-0.2, 0) is 19.6 Å². The molecule has 1 heterocycles. The number of esters is 1. The van der Waals surface area contributed by atoms with Crippen molar-refractivity contribution in [3.63, 3.8) is 0 Å². The molecule has 0 radical (unpaired) electrons.